The van der Waals surface area contributed by atoms with Crippen LogP contribution in [0, 0.1) is 18.9 Å². The van der Waals surface area contributed by atoms with Crippen LogP contribution in [-0.2, 0) is 11.3 Å². The summed E-state index contributed by atoms with van der Waals surface area (Å²) in [6, 6.07) is 9.95. The number of hydrogen-bond acceptors (Lipinski definition) is 5. The molecule has 0 saturated heterocycles. The number of aliphatic hydroxyl groups is 2. The van der Waals surface area contributed by atoms with Crippen LogP contribution in [0.3, 0.4) is 0 Å². The van der Waals surface area contributed by atoms with Crippen LogP contribution in [0.5, 0.6) is 5.75 Å². The average Bonchev–Trinajstić information content (AvgIpc) is 2.76. The van der Waals surface area contributed by atoms with Crippen LogP contribution >= 0.6 is 0 Å². The molecule has 33 heavy (non-hydrogen) atoms. The number of carbonyl (C=O) groups excluding carboxylic acids is 1. The Labute approximate surface area is 190 Å². The second kappa shape index (κ2) is 10.9. The standard InChI is InChI=1S/C24H25F3N2O4/c1-5-11-29(4)23-15(3)19(16-7-9-18(10-8-16)33-24(25,26)27)12-17(13-28-21(32)6-2)22(23)20(31)14-30/h6-10,12,20,30-31H,2,13-14H2,1,3-4H3,(H,28,32). The number of aliphatic hydroxyl groups excluding tert-OH is 2. The van der Waals surface area contributed by atoms with Crippen molar-refractivity contribution < 1.29 is 32.9 Å². The van der Waals surface area contributed by atoms with Gasteiger partial charge in [-0.3, -0.25) is 4.79 Å². The zero-order valence-electron chi connectivity index (χ0n) is 18.5. The quantitative estimate of drug-likeness (QED) is 0.316. The molecule has 2 aromatic rings. The third-order valence-corrected chi connectivity index (χ3v) is 4.84. The highest BCUT2D eigenvalue weighted by atomic mass is 19.4. The predicted octanol–water partition coefficient (Wildman–Crippen LogP) is 3.81. The van der Waals surface area contributed by atoms with Crippen LogP contribution in [0.4, 0.5) is 18.9 Å². The number of halogens is 3. The summed E-state index contributed by atoms with van der Waals surface area (Å²) in [6.07, 6.45) is -4.95. The van der Waals surface area contributed by atoms with Crippen molar-refractivity contribution in [2.24, 2.45) is 0 Å². The minimum Gasteiger partial charge on any atom is -0.406 e. The molecule has 0 saturated carbocycles. The normalized spacial score (nSPS) is 11.8. The summed E-state index contributed by atoms with van der Waals surface area (Å²) in [4.78, 5) is 13.3. The number of anilines is 1. The molecule has 2 aromatic carbocycles. The molecule has 0 aliphatic heterocycles. The molecule has 9 heteroatoms. The first kappa shape index (κ1) is 25.8. The summed E-state index contributed by atoms with van der Waals surface area (Å²) in [5.41, 5.74) is 3.30. The fraction of sp³-hybridized carbons (Fsp3) is 0.292. The van der Waals surface area contributed by atoms with Crippen molar-refractivity contribution >= 4 is 11.6 Å². The molecule has 0 bridgehead atoms. The van der Waals surface area contributed by atoms with E-state index in [2.05, 4.69) is 28.6 Å². The lowest BCUT2D eigenvalue weighted by atomic mass is 9.89. The van der Waals surface area contributed by atoms with Gasteiger partial charge in [0.25, 0.3) is 0 Å². The Bertz CT molecular complexity index is 1070. The van der Waals surface area contributed by atoms with Gasteiger partial charge in [-0.05, 0) is 60.4 Å². The zero-order valence-corrected chi connectivity index (χ0v) is 18.5. The van der Waals surface area contributed by atoms with Crippen molar-refractivity contribution in [3.63, 3.8) is 0 Å². The zero-order chi connectivity index (χ0) is 24.8. The average molecular weight is 462 g/mol. The topological polar surface area (TPSA) is 82.0 Å². The van der Waals surface area contributed by atoms with Gasteiger partial charge in [0, 0.05) is 25.2 Å². The summed E-state index contributed by atoms with van der Waals surface area (Å²) in [6.45, 7) is 6.28. The SMILES string of the molecule is C=CC(=O)NCc1cc(-c2ccc(OC(F)(F)F)cc2)c(C)c(N(C)C#CC)c1C(O)CO. The second-order valence-corrected chi connectivity index (χ2v) is 7.08. The highest BCUT2D eigenvalue weighted by Crippen LogP contribution is 2.39. The number of ether oxygens (including phenoxy) is 1. The molecular formula is C24H25F3N2O4. The summed E-state index contributed by atoms with van der Waals surface area (Å²) in [5, 5.41) is 22.9. The van der Waals surface area contributed by atoms with E-state index in [1.54, 1.807) is 31.9 Å². The van der Waals surface area contributed by atoms with Crippen LogP contribution in [0.25, 0.3) is 11.1 Å². The van der Waals surface area contributed by atoms with Crippen molar-refractivity contribution in [2.75, 3.05) is 18.6 Å². The minimum absolute atomic E-state index is 0.0141. The number of amides is 1. The first-order chi connectivity index (χ1) is 15.5. The molecule has 1 amide bonds. The molecule has 0 heterocycles. The Balaban J connectivity index is 2.71. The molecule has 1 unspecified atom stereocenters. The third kappa shape index (κ3) is 6.51. The molecule has 0 radical (unpaired) electrons. The smallest absolute Gasteiger partial charge is 0.406 e. The van der Waals surface area contributed by atoms with Crippen LogP contribution in [0.1, 0.15) is 29.7 Å². The first-order valence-corrected chi connectivity index (χ1v) is 9.90. The molecule has 0 aromatic heterocycles. The summed E-state index contributed by atoms with van der Waals surface area (Å²) in [7, 11) is 1.68. The van der Waals surface area contributed by atoms with E-state index >= 15 is 0 Å². The van der Waals surface area contributed by atoms with E-state index in [0.717, 1.165) is 6.08 Å². The van der Waals surface area contributed by atoms with E-state index in [1.165, 1.54) is 24.3 Å². The van der Waals surface area contributed by atoms with Gasteiger partial charge < -0.3 is 25.2 Å². The van der Waals surface area contributed by atoms with E-state index in [1.807, 2.05) is 0 Å². The maximum absolute atomic E-state index is 12.5. The van der Waals surface area contributed by atoms with E-state index in [9.17, 15) is 28.2 Å². The molecule has 6 nitrogen and oxygen atoms in total. The van der Waals surface area contributed by atoms with Crippen molar-refractivity contribution in [1.82, 2.24) is 5.32 Å². The lowest BCUT2D eigenvalue weighted by Crippen LogP contribution is -2.24. The molecule has 176 valence electrons. The Morgan fingerprint density at radius 3 is 2.48 bits per heavy atom. The third-order valence-electron chi connectivity index (χ3n) is 4.84. The fourth-order valence-electron chi connectivity index (χ4n) is 3.50. The van der Waals surface area contributed by atoms with E-state index < -0.39 is 25.0 Å². The van der Waals surface area contributed by atoms with Crippen molar-refractivity contribution in [3.05, 3.63) is 59.7 Å². The van der Waals surface area contributed by atoms with Gasteiger partial charge in [-0.25, -0.2) is 0 Å². The molecular weight excluding hydrogens is 437 g/mol. The highest BCUT2D eigenvalue weighted by Gasteiger charge is 2.31. The van der Waals surface area contributed by atoms with Crippen LogP contribution < -0.4 is 15.0 Å². The number of nitrogens with one attached hydrogen (secondary N) is 1. The lowest BCUT2D eigenvalue weighted by molar-refractivity contribution is -0.274. The molecule has 0 aliphatic carbocycles. The van der Waals surface area contributed by atoms with E-state index in [4.69, 9.17) is 0 Å². The molecule has 2 rings (SSSR count). The molecule has 1 atom stereocenters. The summed E-state index contributed by atoms with van der Waals surface area (Å²) >= 11 is 0. The van der Waals surface area contributed by atoms with Gasteiger partial charge in [-0.15, -0.1) is 13.2 Å². The molecule has 3 N–H and O–H groups in total. The van der Waals surface area contributed by atoms with Gasteiger partial charge in [0.05, 0.1) is 12.3 Å². The number of carbonyl (C=O) groups is 1. The van der Waals surface area contributed by atoms with Crippen LogP contribution in [0.15, 0.2) is 43.0 Å². The Hall–Kier alpha value is -3.48. The van der Waals surface area contributed by atoms with Gasteiger partial charge in [-0.1, -0.05) is 24.6 Å². The number of alkyl halides is 3. The fourth-order valence-corrected chi connectivity index (χ4v) is 3.50. The number of benzene rings is 2. The predicted molar refractivity (Wildman–Crippen MR) is 119 cm³/mol. The lowest BCUT2D eigenvalue weighted by Gasteiger charge is -2.27. The minimum atomic E-state index is -4.80. The van der Waals surface area contributed by atoms with E-state index in [0.29, 0.717) is 33.5 Å². The highest BCUT2D eigenvalue weighted by molar-refractivity contribution is 5.87. The van der Waals surface area contributed by atoms with Gasteiger partial charge in [0.1, 0.15) is 11.9 Å². The Kier molecular flexibility index (Phi) is 8.51. The van der Waals surface area contributed by atoms with Gasteiger partial charge in [0.15, 0.2) is 0 Å². The Morgan fingerprint density at radius 2 is 1.97 bits per heavy atom. The maximum atomic E-state index is 12.5. The number of hydrogen-bond donors (Lipinski definition) is 3. The van der Waals surface area contributed by atoms with Crippen molar-refractivity contribution in [3.8, 4) is 28.8 Å². The second-order valence-electron chi connectivity index (χ2n) is 7.08. The summed E-state index contributed by atoms with van der Waals surface area (Å²) < 4.78 is 41.4. The van der Waals surface area contributed by atoms with Gasteiger partial charge in [0.2, 0.25) is 5.91 Å². The largest absolute Gasteiger partial charge is 0.573 e. The monoisotopic (exact) mass is 462 g/mol. The van der Waals surface area contributed by atoms with Crippen LogP contribution in [-0.4, -0.2) is 36.1 Å². The number of nitrogens with zero attached hydrogens (tertiary/aromatic N) is 1. The molecule has 0 spiro atoms. The van der Waals surface area contributed by atoms with Crippen molar-refractivity contribution in [1.29, 1.82) is 0 Å². The van der Waals surface area contributed by atoms with Gasteiger partial charge in [-0.2, -0.15) is 0 Å². The van der Waals surface area contributed by atoms with Gasteiger partial charge >= 0.3 is 6.36 Å². The van der Waals surface area contributed by atoms with Crippen molar-refractivity contribution in [2.45, 2.75) is 32.9 Å². The number of rotatable bonds is 8. The summed E-state index contributed by atoms with van der Waals surface area (Å²) in [5.74, 6) is 1.98. The maximum Gasteiger partial charge on any atom is 0.573 e. The molecule has 0 aliphatic rings. The molecule has 0 fully saturated rings. The first-order valence-electron chi connectivity index (χ1n) is 9.90. The van der Waals surface area contributed by atoms with Crippen LogP contribution in [0.2, 0.25) is 0 Å². The Morgan fingerprint density at radius 1 is 1.33 bits per heavy atom. The van der Waals surface area contributed by atoms with E-state index in [-0.39, 0.29) is 12.3 Å².